The Morgan fingerprint density at radius 1 is 1.18 bits per heavy atom. The summed E-state index contributed by atoms with van der Waals surface area (Å²) in [6, 6.07) is 7.93. The van der Waals surface area contributed by atoms with Gasteiger partial charge in [0.2, 0.25) is 0 Å². The first-order valence-corrected chi connectivity index (χ1v) is 6.98. The van der Waals surface area contributed by atoms with Crippen LogP contribution in [0.25, 0.3) is 0 Å². The summed E-state index contributed by atoms with van der Waals surface area (Å²) in [5, 5.41) is 8.90. The molecule has 1 amide bonds. The van der Waals surface area contributed by atoms with E-state index in [9.17, 15) is 9.59 Å². The molecule has 0 bridgehead atoms. The van der Waals surface area contributed by atoms with Crippen molar-refractivity contribution in [3.63, 3.8) is 0 Å². The van der Waals surface area contributed by atoms with Gasteiger partial charge in [-0.1, -0.05) is 29.8 Å². The first kappa shape index (κ1) is 15.8. The molecule has 2 rings (SSSR count). The molecule has 22 heavy (non-hydrogen) atoms. The number of carboxylic acid groups (broad SMARTS) is 1. The maximum absolute atomic E-state index is 12.6. The average molecular weight is 301 g/mol. The van der Waals surface area contributed by atoms with Crippen LogP contribution in [0.1, 0.15) is 32.8 Å². The zero-order valence-corrected chi connectivity index (χ0v) is 12.9. The molecule has 0 unspecified atom stereocenters. The third kappa shape index (κ3) is 3.55. The number of hydrogen-bond donors (Lipinski definition) is 1. The lowest BCUT2D eigenvalue weighted by Crippen LogP contribution is -2.27. The Morgan fingerprint density at radius 2 is 1.82 bits per heavy atom. The van der Waals surface area contributed by atoms with Gasteiger partial charge in [0.05, 0.1) is 11.8 Å². The van der Waals surface area contributed by atoms with Gasteiger partial charge in [-0.3, -0.25) is 9.59 Å². The van der Waals surface area contributed by atoms with Crippen molar-refractivity contribution in [2.24, 2.45) is 0 Å². The zero-order valence-electron chi connectivity index (χ0n) is 12.9. The summed E-state index contributed by atoms with van der Waals surface area (Å²) in [5.41, 5.74) is 3.17. The van der Waals surface area contributed by atoms with E-state index in [2.05, 4.69) is 0 Å². The van der Waals surface area contributed by atoms with E-state index >= 15 is 0 Å². The van der Waals surface area contributed by atoms with Gasteiger partial charge in [0.25, 0.3) is 5.91 Å². The summed E-state index contributed by atoms with van der Waals surface area (Å²) < 4.78 is 5.22. The number of aliphatic carboxylic acids is 1. The van der Waals surface area contributed by atoms with Crippen LogP contribution in [0.15, 0.2) is 34.9 Å². The summed E-state index contributed by atoms with van der Waals surface area (Å²) in [5.74, 6) is -1.06. The second-order valence-corrected chi connectivity index (χ2v) is 5.43. The number of furan rings is 1. The molecule has 0 atom stereocenters. The number of nitrogens with zero attached hydrogens (tertiary/aromatic N) is 1. The lowest BCUT2D eigenvalue weighted by Gasteiger charge is -2.18. The molecule has 0 aliphatic rings. The number of rotatable bonds is 5. The van der Waals surface area contributed by atoms with Gasteiger partial charge in [0.1, 0.15) is 12.2 Å². The highest BCUT2D eigenvalue weighted by molar-refractivity contribution is 5.97. The summed E-state index contributed by atoms with van der Waals surface area (Å²) in [7, 11) is 1.69. The molecule has 1 N–H and O–H groups in total. The van der Waals surface area contributed by atoms with Gasteiger partial charge < -0.3 is 14.4 Å². The smallest absolute Gasteiger partial charge is 0.311 e. The van der Waals surface area contributed by atoms with Gasteiger partial charge in [-0.25, -0.2) is 0 Å². The summed E-state index contributed by atoms with van der Waals surface area (Å²) in [6.07, 6.45) is 1.12. The second kappa shape index (κ2) is 6.47. The quantitative estimate of drug-likeness (QED) is 0.922. The molecule has 0 saturated heterocycles. The van der Waals surface area contributed by atoms with Crippen LogP contribution in [0.5, 0.6) is 0 Å². The first-order chi connectivity index (χ1) is 10.4. The molecule has 0 aliphatic carbocycles. The number of carboxylic acids is 1. The lowest BCUT2D eigenvalue weighted by molar-refractivity contribution is -0.136. The Labute approximate surface area is 129 Å². The van der Waals surface area contributed by atoms with Crippen molar-refractivity contribution in [1.29, 1.82) is 0 Å². The molecule has 5 heteroatoms. The van der Waals surface area contributed by atoms with Crippen molar-refractivity contribution in [2.75, 3.05) is 7.05 Å². The van der Waals surface area contributed by atoms with E-state index in [0.717, 1.165) is 11.1 Å². The van der Waals surface area contributed by atoms with Gasteiger partial charge in [0, 0.05) is 19.2 Å². The molecular weight excluding hydrogens is 282 g/mol. The van der Waals surface area contributed by atoms with Crippen LogP contribution in [0.4, 0.5) is 0 Å². The normalized spacial score (nSPS) is 10.5. The third-order valence-corrected chi connectivity index (χ3v) is 3.46. The van der Waals surface area contributed by atoms with Gasteiger partial charge in [-0.15, -0.1) is 0 Å². The molecule has 1 aromatic carbocycles. The predicted octanol–water partition coefficient (Wildman–Crippen LogP) is 2.80. The topological polar surface area (TPSA) is 70.8 Å². The number of carbonyl (C=O) groups is 2. The Morgan fingerprint density at radius 3 is 2.41 bits per heavy atom. The average Bonchev–Trinajstić information content (AvgIpc) is 2.80. The Balaban J connectivity index is 2.18. The van der Waals surface area contributed by atoms with E-state index < -0.39 is 5.97 Å². The van der Waals surface area contributed by atoms with Crippen molar-refractivity contribution < 1.29 is 19.1 Å². The van der Waals surface area contributed by atoms with E-state index in [4.69, 9.17) is 9.52 Å². The predicted molar refractivity (Wildman–Crippen MR) is 81.8 cm³/mol. The number of hydrogen-bond acceptors (Lipinski definition) is 3. The van der Waals surface area contributed by atoms with E-state index in [1.54, 1.807) is 18.9 Å². The fraction of sp³-hybridized carbons (Fsp3) is 0.294. The van der Waals surface area contributed by atoms with Crippen LogP contribution < -0.4 is 0 Å². The van der Waals surface area contributed by atoms with Gasteiger partial charge in [-0.2, -0.15) is 0 Å². The highest BCUT2D eigenvalue weighted by Gasteiger charge is 2.23. The monoisotopic (exact) mass is 301 g/mol. The molecule has 0 spiro atoms. The number of benzene rings is 1. The molecule has 0 fully saturated rings. The van der Waals surface area contributed by atoms with Crippen LogP contribution >= 0.6 is 0 Å². The Bertz CT molecular complexity index is 685. The lowest BCUT2D eigenvalue weighted by atomic mass is 10.1. The molecule has 116 valence electrons. The third-order valence-electron chi connectivity index (χ3n) is 3.46. The van der Waals surface area contributed by atoms with Gasteiger partial charge >= 0.3 is 5.97 Å². The van der Waals surface area contributed by atoms with Crippen molar-refractivity contribution in [3.8, 4) is 0 Å². The number of aryl methyl sites for hydroxylation is 2. The Kier molecular flexibility index (Phi) is 4.65. The summed E-state index contributed by atoms with van der Waals surface area (Å²) >= 11 is 0. The molecule has 0 saturated carbocycles. The minimum Gasteiger partial charge on any atom is -0.481 e. The number of carbonyl (C=O) groups excluding carboxylic acids is 1. The molecule has 1 heterocycles. The molecular formula is C17H19NO4. The largest absolute Gasteiger partial charge is 0.481 e. The van der Waals surface area contributed by atoms with E-state index in [-0.39, 0.29) is 18.1 Å². The van der Waals surface area contributed by atoms with Gasteiger partial charge in [0.15, 0.2) is 0 Å². The SMILES string of the molecule is Cc1ccc(CN(C)C(=O)c2c(C)coc2CC(=O)O)cc1. The van der Waals surface area contributed by atoms with Gasteiger partial charge in [-0.05, 0) is 19.4 Å². The maximum Gasteiger partial charge on any atom is 0.311 e. The standard InChI is InChI=1S/C17H19NO4/c1-11-4-6-13(7-5-11)9-18(3)17(21)16-12(2)10-22-14(16)8-15(19)20/h4-7,10H,8-9H2,1-3H3,(H,19,20). The van der Waals surface area contributed by atoms with Crippen LogP contribution in [-0.2, 0) is 17.8 Å². The molecule has 2 aromatic rings. The highest BCUT2D eigenvalue weighted by Crippen LogP contribution is 2.20. The van der Waals surface area contributed by atoms with E-state index in [1.807, 2.05) is 31.2 Å². The fourth-order valence-electron chi connectivity index (χ4n) is 2.28. The maximum atomic E-state index is 12.6. The number of amides is 1. The summed E-state index contributed by atoms with van der Waals surface area (Å²) in [6.45, 7) is 4.20. The van der Waals surface area contributed by atoms with Crippen LogP contribution in [-0.4, -0.2) is 28.9 Å². The Hall–Kier alpha value is -2.56. The molecule has 0 radical (unpaired) electrons. The molecule has 0 aliphatic heterocycles. The minimum absolute atomic E-state index is 0.200. The second-order valence-electron chi connectivity index (χ2n) is 5.43. The highest BCUT2D eigenvalue weighted by atomic mass is 16.4. The van der Waals surface area contributed by atoms with E-state index in [1.165, 1.54) is 6.26 Å². The van der Waals surface area contributed by atoms with Crippen LogP contribution in [0.2, 0.25) is 0 Å². The molecule has 5 nitrogen and oxygen atoms in total. The fourth-order valence-corrected chi connectivity index (χ4v) is 2.28. The zero-order chi connectivity index (χ0) is 16.3. The molecule has 1 aromatic heterocycles. The van der Waals surface area contributed by atoms with Crippen molar-refractivity contribution in [2.45, 2.75) is 26.8 Å². The minimum atomic E-state index is -1.02. The van der Waals surface area contributed by atoms with Crippen molar-refractivity contribution >= 4 is 11.9 Å². The first-order valence-electron chi connectivity index (χ1n) is 6.98. The van der Waals surface area contributed by atoms with Crippen molar-refractivity contribution in [3.05, 3.63) is 58.5 Å². The van der Waals surface area contributed by atoms with Crippen LogP contribution in [0.3, 0.4) is 0 Å². The summed E-state index contributed by atoms with van der Waals surface area (Å²) in [4.78, 5) is 25.0. The van der Waals surface area contributed by atoms with E-state index in [0.29, 0.717) is 17.7 Å². The van der Waals surface area contributed by atoms with Crippen LogP contribution in [0, 0.1) is 13.8 Å². The van der Waals surface area contributed by atoms with Crippen molar-refractivity contribution in [1.82, 2.24) is 4.90 Å².